The maximum Gasteiger partial charge on any atom is 0.257 e. The lowest BCUT2D eigenvalue weighted by molar-refractivity contribution is -0.121. The molecule has 1 aromatic heterocycles. The van der Waals surface area contributed by atoms with E-state index in [0.717, 1.165) is 0 Å². The van der Waals surface area contributed by atoms with Gasteiger partial charge in [-0.25, -0.2) is 0 Å². The van der Waals surface area contributed by atoms with Gasteiger partial charge in [-0.2, -0.15) is 5.10 Å². The number of rotatable bonds is 5. The third kappa shape index (κ3) is 3.87. The molecule has 1 rings (SSSR count). The smallest absolute Gasteiger partial charge is 0.257 e. The number of hydrogen-bond donors (Lipinski definition) is 2. The molecule has 0 aliphatic carbocycles. The SMILES string of the molecule is Cc1[nH]ncc1C(=O)N(C)CC(=O)NCC(C)C. The van der Waals surface area contributed by atoms with E-state index in [1.54, 1.807) is 14.0 Å². The molecule has 0 saturated carbocycles. The summed E-state index contributed by atoms with van der Waals surface area (Å²) in [6, 6.07) is 0. The quantitative estimate of drug-likeness (QED) is 0.804. The minimum absolute atomic E-state index is 0.0518. The summed E-state index contributed by atoms with van der Waals surface area (Å²) in [5.74, 6) is 0.0349. The number of aryl methyl sites for hydroxylation is 1. The Bertz CT molecular complexity index is 425. The summed E-state index contributed by atoms with van der Waals surface area (Å²) < 4.78 is 0. The molecule has 0 fully saturated rings. The van der Waals surface area contributed by atoms with E-state index in [9.17, 15) is 9.59 Å². The number of carbonyl (C=O) groups is 2. The molecule has 0 aliphatic rings. The Morgan fingerprint density at radius 3 is 2.67 bits per heavy atom. The van der Waals surface area contributed by atoms with E-state index in [1.165, 1.54) is 11.1 Å². The maximum atomic E-state index is 12.0. The lowest BCUT2D eigenvalue weighted by Crippen LogP contribution is -2.39. The number of aromatic amines is 1. The lowest BCUT2D eigenvalue weighted by atomic mass is 10.2. The van der Waals surface area contributed by atoms with E-state index in [1.807, 2.05) is 13.8 Å². The molecular formula is C12H20N4O2. The van der Waals surface area contributed by atoms with E-state index < -0.39 is 0 Å². The second kappa shape index (κ2) is 6.18. The van der Waals surface area contributed by atoms with Crippen molar-refractivity contribution in [2.45, 2.75) is 20.8 Å². The summed E-state index contributed by atoms with van der Waals surface area (Å²) in [6.07, 6.45) is 1.47. The number of likely N-dealkylation sites (N-methyl/N-ethyl adjacent to an activating group) is 1. The van der Waals surface area contributed by atoms with E-state index in [0.29, 0.717) is 23.7 Å². The number of nitrogens with zero attached hydrogens (tertiary/aromatic N) is 2. The van der Waals surface area contributed by atoms with Crippen molar-refractivity contribution in [3.05, 3.63) is 17.5 Å². The van der Waals surface area contributed by atoms with Gasteiger partial charge in [0.25, 0.3) is 5.91 Å². The fourth-order valence-electron chi connectivity index (χ4n) is 1.43. The molecule has 6 heteroatoms. The molecule has 1 aromatic rings. The van der Waals surface area contributed by atoms with Gasteiger partial charge in [-0.05, 0) is 12.8 Å². The molecule has 0 unspecified atom stereocenters. The van der Waals surface area contributed by atoms with Gasteiger partial charge in [0.15, 0.2) is 0 Å². The van der Waals surface area contributed by atoms with Crippen molar-refractivity contribution in [3.8, 4) is 0 Å². The highest BCUT2D eigenvalue weighted by Gasteiger charge is 2.17. The second-order valence-electron chi connectivity index (χ2n) is 4.77. The minimum Gasteiger partial charge on any atom is -0.354 e. The van der Waals surface area contributed by atoms with Crippen LogP contribution < -0.4 is 5.32 Å². The van der Waals surface area contributed by atoms with E-state index >= 15 is 0 Å². The van der Waals surface area contributed by atoms with Crippen LogP contribution in [0, 0.1) is 12.8 Å². The first-order valence-electron chi connectivity index (χ1n) is 5.94. The van der Waals surface area contributed by atoms with Crippen LogP contribution in [0.1, 0.15) is 29.9 Å². The second-order valence-corrected chi connectivity index (χ2v) is 4.77. The molecule has 18 heavy (non-hydrogen) atoms. The van der Waals surface area contributed by atoms with Crippen LogP contribution in [-0.4, -0.2) is 47.0 Å². The molecule has 0 aromatic carbocycles. The molecule has 0 bridgehead atoms. The molecule has 0 aliphatic heterocycles. The van der Waals surface area contributed by atoms with Gasteiger partial charge >= 0.3 is 0 Å². The maximum absolute atomic E-state index is 12.0. The first kappa shape index (κ1) is 14.2. The molecule has 0 spiro atoms. The molecule has 0 radical (unpaired) electrons. The third-order valence-corrected chi connectivity index (χ3v) is 2.50. The Morgan fingerprint density at radius 1 is 1.50 bits per heavy atom. The van der Waals surface area contributed by atoms with Crippen molar-refractivity contribution in [3.63, 3.8) is 0 Å². The summed E-state index contributed by atoms with van der Waals surface area (Å²) in [4.78, 5) is 25.0. The summed E-state index contributed by atoms with van der Waals surface area (Å²) >= 11 is 0. The normalized spacial score (nSPS) is 10.5. The monoisotopic (exact) mass is 252 g/mol. The van der Waals surface area contributed by atoms with Crippen LogP contribution in [-0.2, 0) is 4.79 Å². The van der Waals surface area contributed by atoms with Crippen LogP contribution in [0.4, 0.5) is 0 Å². The zero-order valence-electron chi connectivity index (χ0n) is 11.3. The predicted octanol–water partition coefficient (Wildman–Crippen LogP) is 0.562. The van der Waals surface area contributed by atoms with Crippen molar-refractivity contribution in [2.24, 2.45) is 5.92 Å². The molecule has 2 N–H and O–H groups in total. The van der Waals surface area contributed by atoms with Gasteiger partial charge in [0, 0.05) is 19.3 Å². The molecular weight excluding hydrogens is 232 g/mol. The number of hydrogen-bond acceptors (Lipinski definition) is 3. The standard InChI is InChI=1S/C12H20N4O2/c1-8(2)5-13-11(17)7-16(4)12(18)10-6-14-15-9(10)3/h6,8H,5,7H2,1-4H3,(H,13,17)(H,14,15). The average molecular weight is 252 g/mol. The van der Waals surface area contributed by atoms with E-state index in [4.69, 9.17) is 0 Å². The van der Waals surface area contributed by atoms with Crippen molar-refractivity contribution in [1.82, 2.24) is 20.4 Å². The van der Waals surface area contributed by atoms with Crippen LogP contribution in [0.5, 0.6) is 0 Å². The molecule has 0 atom stereocenters. The molecule has 0 saturated heterocycles. The zero-order valence-corrected chi connectivity index (χ0v) is 11.3. The summed E-state index contributed by atoms with van der Waals surface area (Å²) in [5.41, 5.74) is 1.20. The number of aromatic nitrogens is 2. The first-order valence-corrected chi connectivity index (χ1v) is 5.94. The van der Waals surface area contributed by atoms with E-state index in [-0.39, 0.29) is 18.4 Å². The van der Waals surface area contributed by atoms with Crippen LogP contribution in [0.25, 0.3) is 0 Å². The Morgan fingerprint density at radius 2 is 2.17 bits per heavy atom. The van der Waals surface area contributed by atoms with Crippen LogP contribution in [0.15, 0.2) is 6.20 Å². The summed E-state index contributed by atoms with van der Waals surface area (Å²) in [6.45, 7) is 6.47. The van der Waals surface area contributed by atoms with Crippen LogP contribution in [0.3, 0.4) is 0 Å². The third-order valence-electron chi connectivity index (χ3n) is 2.50. The summed E-state index contributed by atoms with van der Waals surface area (Å²) in [7, 11) is 1.60. The van der Waals surface area contributed by atoms with Crippen molar-refractivity contribution >= 4 is 11.8 Å². The topological polar surface area (TPSA) is 78.1 Å². The molecule has 100 valence electrons. The van der Waals surface area contributed by atoms with Gasteiger partial charge in [0.05, 0.1) is 18.3 Å². The van der Waals surface area contributed by atoms with Gasteiger partial charge in [-0.15, -0.1) is 0 Å². The minimum atomic E-state index is -0.207. The Balaban J connectivity index is 2.50. The molecule has 2 amide bonds. The van der Waals surface area contributed by atoms with Crippen molar-refractivity contribution in [2.75, 3.05) is 20.1 Å². The van der Waals surface area contributed by atoms with Gasteiger partial charge in [0.2, 0.25) is 5.91 Å². The Hall–Kier alpha value is -1.85. The van der Waals surface area contributed by atoms with Crippen LogP contribution in [0.2, 0.25) is 0 Å². The fourth-order valence-corrected chi connectivity index (χ4v) is 1.43. The molecule has 1 heterocycles. The van der Waals surface area contributed by atoms with Gasteiger partial charge < -0.3 is 10.2 Å². The number of amides is 2. The zero-order chi connectivity index (χ0) is 13.7. The van der Waals surface area contributed by atoms with Crippen LogP contribution >= 0.6 is 0 Å². The summed E-state index contributed by atoms with van der Waals surface area (Å²) in [5, 5.41) is 9.26. The number of carbonyl (C=O) groups excluding carboxylic acids is 2. The lowest BCUT2D eigenvalue weighted by Gasteiger charge is -2.17. The highest BCUT2D eigenvalue weighted by molar-refractivity contribution is 5.96. The van der Waals surface area contributed by atoms with E-state index in [2.05, 4.69) is 15.5 Å². The van der Waals surface area contributed by atoms with Crippen molar-refractivity contribution < 1.29 is 9.59 Å². The highest BCUT2D eigenvalue weighted by Crippen LogP contribution is 2.05. The first-order chi connectivity index (χ1) is 8.41. The fraction of sp³-hybridized carbons (Fsp3) is 0.583. The van der Waals surface area contributed by atoms with Crippen molar-refractivity contribution in [1.29, 1.82) is 0 Å². The average Bonchev–Trinajstić information content (AvgIpc) is 2.71. The Kier molecular flexibility index (Phi) is 4.88. The molecule has 6 nitrogen and oxygen atoms in total. The van der Waals surface area contributed by atoms with Gasteiger partial charge in [-0.3, -0.25) is 14.7 Å². The number of nitrogens with one attached hydrogen (secondary N) is 2. The Labute approximate surface area is 107 Å². The predicted molar refractivity (Wildman–Crippen MR) is 68.1 cm³/mol. The largest absolute Gasteiger partial charge is 0.354 e. The van der Waals surface area contributed by atoms with Gasteiger partial charge in [0.1, 0.15) is 0 Å². The van der Waals surface area contributed by atoms with Gasteiger partial charge in [-0.1, -0.05) is 13.8 Å². The highest BCUT2D eigenvalue weighted by atomic mass is 16.2. The number of H-pyrrole nitrogens is 1.